The molecule has 0 heterocycles. The van der Waals surface area contributed by atoms with E-state index >= 15 is 4.39 Å². The zero-order valence-corrected chi connectivity index (χ0v) is 30.6. The van der Waals surface area contributed by atoms with Crippen molar-refractivity contribution < 1.29 is 13.5 Å². The highest BCUT2D eigenvalue weighted by Crippen LogP contribution is 2.53. The molecule has 0 amide bonds. The fraction of sp³-hybridized carbons (Fsp3) is 0.234. The average Bonchev–Trinajstić information content (AvgIpc) is 3.65. The van der Waals surface area contributed by atoms with Gasteiger partial charge in [0.25, 0.3) is 6.26 Å². The Kier molecular flexibility index (Phi) is 9.98. The average molecular weight is 702 g/mol. The first kappa shape index (κ1) is 35.4. The molecule has 0 saturated carbocycles. The fourth-order valence-electron chi connectivity index (χ4n) is 7.91. The normalized spacial score (nSPS) is 13.8. The van der Waals surface area contributed by atoms with E-state index in [0.29, 0.717) is 49.1 Å². The number of fused-ring (bicyclic) bond motifs is 6. The van der Waals surface area contributed by atoms with Crippen LogP contribution in [-0.2, 0) is 24.0 Å². The van der Waals surface area contributed by atoms with Gasteiger partial charge in [-0.1, -0.05) is 69.7 Å². The van der Waals surface area contributed by atoms with Gasteiger partial charge in [0.1, 0.15) is 30.0 Å². The van der Waals surface area contributed by atoms with Gasteiger partial charge in [-0.05, 0) is 158 Å². The van der Waals surface area contributed by atoms with Gasteiger partial charge < -0.3 is 10.1 Å². The number of hydrogen-bond donors (Lipinski definition) is 1. The van der Waals surface area contributed by atoms with Crippen LogP contribution in [0.25, 0.3) is 55.7 Å². The second-order valence-corrected chi connectivity index (χ2v) is 13.6. The van der Waals surface area contributed by atoms with E-state index in [0.717, 1.165) is 89.9 Å². The SMILES string of the molecule is CCCc1cc(-c2ccc3c(c2)/C(=C(\C#N)NCC)c2cc4c(cc2-3)-c2ccc(-c3ccc(CC)c(F)c3)cc2/C4=C/CCOC#N)cc(CC)c1F. The van der Waals surface area contributed by atoms with Crippen LogP contribution in [0.4, 0.5) is 8.78 Å². The largest absolute Gasteiger partial charge is 0.427 e. The minimum atomic E-state index is -0.212. The predicted octanol–water partition coefficient (Wildman–Crippen LogP) is 11.5. The standard InChI is InChI=1S/C47H41F2N3O/c1-5-10-33-20-34(19-29(7-3)47(33)49)31-15-17-37-41-24-39-36-16-14-30(32-13-12-28(6-2)44(48)23-32)21-38(36)35(11-9-18-53-27-51)40(39)25-43(41)46(42(37)22-31)45(26-50)52-8-4/h11-17,19-25,52H,5-10,18H2,1-4H3/b35-11-,46-45-. The molecule has 1 N–H and O–H groups in total. The summed E-state index contributed by atoms with van der Waals surface area (Å²) in [6, 6.07) is 28.9. The molecule has 7 rings (SSSR count). The van der Waals surface area contributed by atoms with Gasteiger partial charge in [0.05, 0.1) is 0 Å². The van der Waals surface area contributed by atoms with Gasteiger partial charge >= 0.3 is 0 Å². The molecule has 0 unspecified atom stereocenters. The van der Waals surface area contributed by atoms with Crippen LogP contribution in [-0.4, -0.2) is 13.2 Å². The van der Waals surface area contributed by atoms with Crippen molar-refractivity contribution in [2.24, 2.45) is 0 Å². The van der Waals surface area contributed by atoms with E-state index in [9.17, 15) is 9.65 Å². The second-order valence-electron chi connectivity index (χ2n) is 13.6. The Bertz CT molecular complexity index is 2420. The summed E-state index contributed by atoms with van der Waals surface area (Å²) in [4.78, 5) is 0. The van der Waals surface area contributed by atoms with Gasteiger partial charge in [-0.25, -0.2) is 8.78 Å². The maximum atomic E-state index is 15.3. The zero-order valence-electron chi connectivity index (χ0n) is 30.6. The van der Waals surface area contributed by atoms with Gasteiger partial charge in [-0.15, -0.1) is 0 Å². The lowest BCUT2D eigenvalue weighted by molar-refractivity contribution is 0.277. The molecule has 0 radical (unpaired) electrons. The van der Waals surface area contributed by atoms with Crippen molar-refractivity contribution >= 4 is 11.1 Å². The van der Waals surface area contributed by atoms with Gasteiger partial charge in [-0.2, -0.15) is 10.5 Å². The lowest BCUT2D eigenvalue weighted by Crippen LogP contribution is -2.12. The molecule has 0 fully saturated rings. The first-order valence-electron chi connectivity index (χ1n) is 18.5. The summed E-state index contributed by atoms with van der Waals surface area (Å²) in [7, 11) is 0. The Morgan fingerprint density at radius 2 is 1.26 bits per heavy atom. The van der Waals surface area contributed by atoms with E-state index in [4.69, 9.17) is 10.00 Å². The molecule has 0 spiro atoms. The van der Waals surface area contributed by atoms with E-state index in [1.807, 2.05) is 51.1 Å². The molecule has 5 aromatic rings. The van der Waals surface area contributed by atoms with Crippen LogP contribution in [0.3, 0.4) is 0 Å². The maximum Gasteiger partial charge on any atom is 0.286 e. The lowest BCUT2D eigenvalue weighted by atomic mass is 9.93. The molecule has 264 valence electrons. The Morgan fingerprint density at radius 1 is 0.660 bits per heavy atom. The minimum absolute atomic E-state index is 0.113. The van der Waals surface area contributed by atoms with E-state index in [1.54, 1.807) is 12.3 Å². The van der Waals surface area contributed by atoms with Crippen LogP contribution in [0.5, 0.6) is 0 Å². The van der Waals surface area contributed by atoms with Crippen molar-refractivity contribution in [1.82, 2.24) is 5.32 Å². The molecular formula is C47H41F2N3O. The molecule has 2 aliphatic carbocycles. The summed E-state index contributed by atoms with van der Waals surface area (Å²) < 4.78 is 35.2. The maximum absolute atomic E-state index is 15.3. The van der Waals surface area contributed by atoms with Crippen LogP contribution < -0.4 is 5.32 Å². The first-order valence-corrected chi connectivity index (χ1v) is 18.5. The summed E-state index contributed by atoms with van der Waals surface area (Å²) in [5.41, 5.74) is 16.3. The van der Waals surface area contributed by atoms with E-state index < -0.39 is 0 Å². The third kappa shape index (κ3) is 6.30. The number of aryl methyl sites for hydroxylation is 3. The fourth-order valence-corrected chi connectivity index (χ4v) is 7.91. The van der Waals surface area contributed by atoms with E-state index in [2.05, 4.69) is 66.9 Å². The van der Waals surface area contributed by atoms with Crippen LogP contribution in [0.2, 0.25) is 0 Å². The minimum Gasteiger partial charge on any atom is -0.427 e. The summed E-state index contributed by atoms with van der Waals surface area (Å²) in [5, 5.41) is 22.9. The van der Waals surface area contributed by atoms with Gasteiger partial charge in [0, 0.05) is 18.5 Å². The zero-order chi connectivity index (χ0) is 37.2. The van der Waals surface area contributed by atoms with Gasteiger partial charge in [-0.3, -0.25) is 0 Å². The summed E-state index contributed by atoms with van der Waals surface area (Å²) in [6.07, 6.45) is 7.14. The molecule has 53 heavy (non-hydrogen) atoms. The summed E-state index contributed by atoms with van der Waals surface area (Å²) in [6.45, 7) is 8.80. The Morgan fingerprint density at radius 3 is 1.94 bits per heavy atom. The monoisotopic (exact) mass is 701 g/mol. The molecule has 0 atom stereocenters. The number of benzene rings is 5. The quantitative estimate of drug-likeness (QED) is 0.0828. The third-order valence-corrected chi connectivity index (χ3v) is 10.5. The highest BCUT2D eigenvalue weighted by Gasteiger charge is 2.33. The Labute approximate surface area is 310 Å². The molecule has 4 nitrogen and oxygen atoms in total. The van der Waals surface area contributed by atoms with Crippen LogP contribution in [0, 0.1) is 34.5 Å². The molecule has 6 heteroatoms. The van der Waals surface area contributed by atoms with Crippen molar-refractivity contribution in [3.63, 3.8) is 0 Å². The number of ether oxygens (including phenoxy) is 1. The van der Waals surface area contributed by atoms with Crippen molar-refractivity contribution in [2.75, 3.05) is 13.2 Å². The number of nitrogens with zero attached hydrogens (tertiary/aromatic N) is 2. The van der Waals surface area contributed by atoms with Crippen molar-refractivity contribution in [3.05, 3.63) is 141 Å². The van der Waals surface area contributed by atoms with E-state index in [1.165, 1.54) is 0 Å². The summed E-state index contributed by atoms with van der Waals surface area (Å²) in [5.74, 6) is -0.325. The molecule has 5 aromatic carbocycles. The number of rotatable bonds is 11. The number of hydrogen-bond acceptors (Lipinski definition) is 4. The molecular weight excluding hydrogens is 661 g/mol. The molecule has 2 aliphatic rings. The Hall–Kier alpha value is -5.98. The van der Waals surface area contributed by atoms with Gasteiger partial charge in [0.2, 0.25) is 0 Å². The van der Waals surface area contributed by atoms with Crippen molar-refractivity contribution in [2.45, 2.75) is 59.8 Å². The molecule has 0 aromatic heterocycles. The van der Waals surface area contributed by atoms with Crippen LogP contribution in [0.15, 0.2) is 90.6 Å². The van der Waals surface area contributed by atoms with Gasteiger partial charge in [0.15, 0.2) is 0 Å². The number of halogens is 2. The smallest absolute Gasteiger partial charge is 0.286 e. The topological polar surface area (TPSA) is 68.8 Å². The van der Waals surface area contributed by atoms with Crippen LogP contribution in [0.1, 0.15) is 79.5 Å². The summed E-state index contributed by atoms with van der Waals surface area (Å²) >= 11 is 0. The molecule has 0 aliphatic heterocycles. The van der Waals surface area contributed by atoms with E-state index in [-0.39, 0.29) is 18.2 Å². The Balaban J connectivity index is 1.41. The number of nitriles is 2. The predicted molar refractivity (Wildman–Crippen MR) is 209 cm³/mol. The first-order chi connectivity index (χ1) is 25.8. The van der Waals surface area contributed by atoms with Crippen LogP contribution >= 0.6 is 0 Å². The number of nitrogens with one attached hydrogen (secondary N) is 1. The van der Waals surface area contributed by atoms with Crippen molar-refractivity contribution in [3.8, 4) is 56.8 Å². The third-order valence-electron chi connectivity index (χ3n) is 10.5. The molecule has 0 bridgehead atoms. The highest BCUT2D eigenvalue weighted by atomic mass is 19.1. The molecule has 0 saturated heterocycles. The highest BCUT2D eigenvalue weighted by molar-refractivity contribution is 6.10. The lowest BCUT2D eigenvalue weighted by Gasteiger charge is -2.13. The second kappa shape index (κ2) is 14.9. The van der Waals surface area contributed by atoms with Crippen molar-refractivity contribution in [1.29, 1.82) is 10.5 Å². The number of allylic oxidation sites excluding steroid dienone is 1.